The largest absolute Gasteiger partial charge is 0.361 e. The van der Waals surface area contributed by atoms with Crippen LogP contribution in [0.3, 0.4) is 0 Å². The Hall–Kier alpha value is -1.69. The molecule has 6 heteroatoms. The molecule has 0 amide bonds. The van der Waals surface area contributed by atoms with Crippen LogP contribution in [0.5, 0.6) is 0 Å². The number of hydrogen-bond acceptors (Lipinski definition) is 6. The van der Waals surface area contributed by atoms with Crippen LogP contribution >= 0.6 is 11.8 Å². The lowest BCUT2D eigenvalue weighted by atomic mass is 9.97. The van der Waals surface area contributed by atoms with E-state index in [0.717, 1.165) is 35.0 Å². The third-order valence-electron chi connectivity index (χ3n) is 3.90. The van der Waals surface area contributed by atoms with Crippen molar-refractivity contribution in [1.29, 1.82) is 0 Å². The van der Waals surface area contributed by atoms with Crippen LogP contribution in [-0.2, 0) is 18.6 Å². The molecule has 5 nitrogen and oxygen atoms in total. The molecule has 2 heterocycles. The highest BCUT2D eigenvalue weighted by Crippen LogP contribution is 2.30. The molecule has 0 spiro atoms. The first-order valence-corrected chi connectivity index (χ1v) is 8.50. The molecular weight excluding hydrogens is 298 g/mol. The molecule has 0 aromatic carbocycles. The van der Waals surface area contributed by atoms with Gasteiger partial charge in [-0.2, -0.15) is 0 Å². The van der Waals surface area contributed by atoms with Gasteiger partial charge in [0.2, 0.25) is 0 Å². The molecule has 22 heavy (non-hydrogen) atoms. The highest BCUT2D eigenvalue weighted by Gasteiger charge is 2.21. The predicted octanol–water partition coefficient (Wildman–Crippen LogP) is 3.46. The van der Waals surface area contributed by atoms with Crippen LogP contribution in [0.25, 0.3) is 0 Å². The topological polar surface area (TPSA) is 68.9 Å². The van der Waals surface area contributed by atoms with Crippen molar-refractivity contribution in [1.82, 2.24) is 15.1 Å². The van der Waals surface area contributed by atoms with Gasteiger partial charge in [0, 0.05) is 17.7 Å². The maximum atomic E-state index is 11.9. The van der Waals surface area contributed by atoms with E-state index >= 15 is 0 Å². The van der Waals surface area contributed by atoms with Crippen LogP contribution in [-0.4, -0.2) is 20.9 Å². The Bertz CT molecular complexity index is 724. The number of fused-ring (bicyclic) bond motifs is 1. The SMILES string of the molecule is CC(=O)c1c(C)nc(C)nc1SCc1noc2c1CCCC2. The summed E-state index contributed by atoms with van der Waals surface area (Å²) in [7, 11) is 0. The minimum absolute atomic E-state index is 0.00202. The van der Waals surface area contributed by atoms with Crippen LogP contribution in [0.15, 0.2) is 9.55 Å². The second-order valence-electron chi connectivity index (χ2n) is 5.62. The van der Waals surface area contributed by atoms with Gasteiger partial charge in [0.15, 0.2) is 5.78 Å². The average Bonchev–Trinajstić information content (AvgIpc) is 2.87. The first kappa shape index (κ1) is 15.2. The minimum Gasteiger partial charge on any atom is -0.361 e. The Morgan fingerprint density at radius 2 is 2.00 bits per heavy atom. The number of aromatic nitrogens is 3. The van der Waals surface area contributed by atoms with Gasteiger partial charge < -0.3 is 4.52 Å². The van der Waals surface area contributed by atoms with E-state index in [-0.39, 0.29) is 5.78 Å². The Morgan fingerprint density at radius 3 is 2.77 bits per heavy atom. The van der Waals surface area contributed by atoms with Crippen LogP contribution in [0.2, 0.25) is 0 Å². The van der Waals surface area contributed by atoms with Crippen molar-refractivity contribution in [3.05, 3.63) is 34.1 Å². The Balaban J connectivity index is 1.85. The van der Waals surface area contributed by atoms with Gasteiger partial charge in [-0.25, -0.2) is 9.97 Å². The average molecular weight is 317 g/mol. The molecule has 0 atom stereocenters. The number of ketones is 1. The molecule has 0 saturated carbocycles. The van der Waals surface area contributed by atoms with Gasteiger partial charge in [-0.3, -0.25) is 4.79 Å². The molecular formula is C16H19N3O2S. The Morgan fingerprint density at radius 1 is 1.23 bits per heavy atom. The highest BCUT2D eigenvalue weighted by atomic mass is 32.2. The van der Waals surface area contributed by atoms with E-state index in [1.807, 2.05) is 13.8 Å². The van der Waals surface area contributed by atoms with Crippen molar-refractivity contribution in [2.45, 2.75) is 57.2 Å². The van der Waals surface area contributed by atoms with Gasteiger partial charge >= 0.3 is 0 Å². The van der Waals surface area contributed by atoms with Crippen LogP contribution in [0, 0.1) is 13.8 Å². The summed E-state index contributed by atoms with van der Waals surface area (Å²) < 4.78 is 5.44. The fraction of sp³-hybridized carbons (Fsp3) is 0.500. The summed E-state index contributed by atoms with van der Waals surface area (Å²) in [5.41, 5.74) is 3.60. The van der Waals surface area contributed by atoms with Gasteiger partial charge in [0.1, 0.15) is 16.6 Å². The molecule has 0 unspecified atom stereocenters. The van der Waals surface area contributed by atoms with Gasteiger partial charge in [0.05, 0.1) is 17.0 Å². The molecule has 0 N–H and O–H groups in total. The summed E-state index contributed by atoms with van der Waals surface area (Å²) in [6.07, 6.45) is 4.39. The summed E-state index contributed by atoms with van der Waals surface area (Å²) in [6.45, 7) is 5.26. The van der Waals surface area contributed by atoms with E-state index in [1.54, 1.807) is 6.92 Å². The number of hydrogen-bond donors (Lipinski definition) is 0. The highest BCUT2D eigenvalue weighted by molar-refractivity contribution is 7.98. The predicted molar refractivity (Wildman–Crippen MR) is 84.2 cm³/mol. The summed E-state index contributed by atoms with van der Waals surface area (Å²) in [6, 6.07) is 0. The van der Waals surface area contributed by atoms with Crippen LogP contribution in [0.4, 0.5) is 0 Å². The number of thioether (sulfide) groups is 1. The molecule has 0 aliphatic heterocycles. The van der Waals surface area contributed by atoms with Gasteiger partial charge in [-0.15, -0.1) is 0 Å². The van der Waals surface area contributed by atoms with E-state index in [2.05, 4.69) is 15.1 Å². The Kier molecular flexibility index (Phi) is 4.29. The van der Waals surface area contributed by atoms with E-state index in [9.17, 15) is 4.79 Å². The van der Waals surface area contributed by atoms with Crippen molar-refractivity contribution < 1.29 is 9.32 Å². The number of nitrogens with zero attached hydrogens (tertiary/aromatic N) is 3. The monoisotopic (exact) mass is 317 g/mol. The van der Waals surface area contributed by atoms with E-state index in [0.29, 0.717) is 17.1 Å². The minimum atomic E-state index is 0.00202. The normalized spacial score (nSPS) is 14.0. The van der Waals surface area contributed by atoms with Gasteiger partial charge in [0.25, 0.3) is 0 Å². The fourth-order valence-electron chi connectivity index (χ4n) is 2.89. The lowest BCUT2D eigenvalue weighted by Crippen LogP contribution is -2.06. The zero-order valence-electron chi connectivity index (χ0n) is 13.1. The maximum Gasteiger partial charge on any atom is 0.164 e. The second kappa shape index (κ2) is 6.20. The molecule has 2 aromatic heterocycles. The van der Waals surface area contributed by atoms with Crippen molar-refractivity contribution >= 4 is 17.5 Å². The van der Waals surface area contributed by atoms with E-state index in [1.165, 1.54) is 30.2 Å². The van der Waals surface area contributed by atoms with Crippen LogP contribution < -0.4 is 0 Å². The molecule has 0 fully saturated rings. The summed E-state index contributed by atoms with van der Waals surface area (Å²) in [5, 5.41) is 4.95. The van der Waals surface area contributed by atoms with E-state index < -0.39 is 0 Å². The first-order valence-electron chi connectivity index (χ1n) is 7.51. The molecule has 2 aromatic rings. The molecule has 1 aliphatic carbocycles. The van der Waals surface area contributed by atoms with E-state index in [4.69, 9.17) is 4.52 Å². The smallest absolute Gasteiger partial charge is 0.164 e. The fourth-order valence-corrected chi connectivity index (χ4v) is 4.02. The molecule has 0 saturated heterocycles. The second-order valence-corrected chi connectivity index (χ2v) is 6.58. The quantitative estimate of drug-likeness (QED) is 0.489. The van der Waals surface area contributed by atoms with Gasteiger partial charge in [-0.05, 0) is 40.0 Å². The zero-order chi connectivity index (χ0) is 15.7. The number of rotatable bonds is 4. The van der Waals surface area contributed by atoms with Crippen LogP contribution in [0.1, 0.15) is 58.7 Å². The lowest BCUT2D eigenvalue weighted by molar-refractivity contribution is 0.101. The molecule has 3 rings (SSSR count). The number of aryl methyl sites for hydroxylation is 3. The summed E-state index contributed by atoms with van der Waals surface area (Å²) in [5.74, 6) is 2.40. The number of carbonyl (C=O) groups is 1. The van der Waals surface area contributed by atoms with Crippen molar-refractivity contribution in [2.75, 3.05) is 0 Å². The zero-order valence-corrected chi connectivity index (χ0v) is 13.9. The standard InChI is InChI=1S/C16H19N3O2S/c1-9-15(10(2)20)16(18-11(3)17-9)22-8-13-12-6-4-5-7-14(12)21-19-13/h4-8H2,1-3H3. The Labute approximate surface area is 133 Å². The first-order chi connectivity index (χ1) is 10.6. The summed E-state index contributed by atoms with van der Waals surface area (Å²) in [4.78, 5) is 20.6. The maximum absolute atomic E-state index is 11.9. The number of Topliss-reactive ketones (excluding diaryl/α,β-unsaturated/α-hetero) is 1. The van der Waals surface area contributed by atoms with Crippen molar-refractivity contribution in [3.8, 4) is 0 Å². The third kappa shape index (κ3) is 2.92. The molecule has 116 valence electrons. The third-order valence-corrected chi connectivity index (χ3v) is 4.88. The lowest BCUT2D eigenvalue weighted by Gasteiger charge is -2.11. The molecule has 0 bridgehead atoms. The molecule has 1 aliphatic rings. The number of carbonyl (C=O) groups excluding carboxylic acids is 1. The summed E-state index contributed by atoms with van der Waals surface area (Å²) >= 11 is 1.54. The van der Waals surface area contributed by atoms with Crippen molar-refractivity contribution in [2.24, 2.45) is 0 Å². The van der Waals surface area contributed by atoms with Gasteiger partial charge in [-0.1, -0.05) is 16.9 Å². The molecule has 0 radical (unpaired) electrons. The van der Waals surface area contributed by atoms with Crippen molar-refractivity contribution in [3.63, 3.8) is 0 Å².